The molecule has 3 heterocycles. The van der Waals surface area contributed by atoms with E-state index in [1.165, 1.54) is 15.9 Å². The molecule has 1 aromatic carbocycles. The quantitative estimate of drug-likeness (QED) is 0.559. The number of rotatable bonds is 5. The van der Waals surface area contributed by atoms with E-state index < -0.39 is 0 Å². The van der Waals surface area contributed by atoms with Gasteiger partial charge in [-0.15, -0.1) is 5.10 Å². The lowest BCUT2D eigenvalue weighted by Gasteiger charge is -2.36. The number of aromatic hydroxyl groups is 1. The van der Waals surface area contributed by atoms with Gasteiger partial charge in [-0.3, -0.25) is 9.69 Å². The summed E-state index contributed by atoms with van der Waals surface area (Å²) in [6.45, 7) is 5.55. The highest BCUT2D eigenvalue weighted by atomic mass is 79.9. The molecule has 29 heavy (non-hydrogen) atoms. The third kappa shape index (κ3) is 4.04. The van der Waals surface area contributed by atoms with E-state index in [0.29, 0.717) is 17.4 Å². The maximum absolute atomic E-state index is 12.1. The van der Waals surface area contributed by atoms with Crippen molar-refractivity contribution in [2.75, 3.05) is 19.7 Å². The fraction of sp³-hybridized carbons (Fsp3) is 0.450. The minimum absolute atomic E-state index is 0.0599. The van der Waals surface area contributed by atoms with Crippen LogP contribution >= 0.6 is 27.3 Å². The minimum atomic E-state index is -0.125. The molecule has 1 atom stereocenters. The van der Waals surface area contributed by atoms with Crippen LogP contribution in [0.1, 0.15) is 42.1 Å². The van der Waals surface area contributed by atoms with Gasteiger partial charge in [0.25, 0.3) is 0 Å². The van der Waals surface area contributed by atoms with E-state index in [4.69, 9.17) is 4.74 Å². The lowest BCUT2D eigenvalue weighted by molar-refractivity contribution is -0.149. The number of thiazole rings is 1. The molecular formula is C20H23BrN4O3S. The van der Waals surface area contributed by atoms with Gasteiger partial charge in [0.2, 0.25) is 10.8 Å². The van der Waals surface area contributed by atoms with Crippen LogP contribution in [0.2, 0.25) is 0 Å². The van der Waals surface area contributed by atoms with Crippen LogP contribution in [0.25, 0.3) is 4.96 Å². The number of esters is 1. The number of halogens is 1. The van der Waals surface area contributed by atoms with Crippen molar-refractivity contribution in [2.45, 2.75) is 32.7 Å². The molecule has 0 amide bonds. The molecule has 1 aliphatic heterocycles. The first-order valence-electron chi connectivity index (χ1n) is 9.69. The molecule has 0 saturated carbocycles. The average molecular weight is 479 g/mol. The van der Waals surface area contributed by atoms with E-state index in [2.05, 4.69) is 43.0 Å². The van der Waals surface area contributed by atoms with Crippen LogP contribution in [-0.4, -0.2) is 50.3 Å². The van der Waals surface area contributed by atoms with Gasteiger partial charge >= 0.3 is 5.97 Å². The second kappa shape index (κ2) is 8.41. The monoisotopic (exact) mass is 478 g/mol. The Morgan fingerprint density at radius 2 is 2.03 bits per heavy atom. The molecule has 0 spiro atoms. The van der Waals surface area contributed by atoms with Crippen molar-refractivity contribution >= 4 is 38.2 Å². The van der Waals surface area contributed by atoms with Crippen molar-refractivity contribution in [3.8, 4) is 5.88 Å². The van der Waals surface area contributed by atoms with Crippen LogP contribution in [-0.2, 0) is 9.53 Å². The van der Waals surface area contributed by atoms with Crippen LogP contribution in [0.5, 0.6) is 5.88 Å². The SMILES string of the molecule is CCOC(=O)C1CCN(C(c2ccc(Br)cc2)c2sc3nc(C)nn3c2O)CC1. The van der Waals surface area contributed by atoms with Gasteiger partial charge in [0, 0.05) is 4.47 Å². The third-order valence-electron chi connectivity index (χ3n) is 5.25. The van der Waals surface area contributed by atoms with Crippen molar-refractivity contribution in [1.82, 2.24) is 19.5 Å². The van der Waals surface area contributed by atoms with Gasteiger partial charge in [0.1, 0.15) is 5.82 Å². The van der Waals surface area contributed by atoms with Gasteiger partial charge in [0.05, 0.1) is 23.4 Å². The predicted molar refractivity (Wildman–Crippen MR) is 114 cm³/mol. The Morgan fingerprint density at radius 1 is 1.34 bits per heavy atom. The Labute approximate surface area is 181 Å². The largest absolute Gasteiger partial charge is 0.492 e. The second-order valence-corrected chi connectivity index (χ2v) is 9.08. The molecule has 1 unspecified atom stereocenters. The first-order chi connectivity index (χ1) is 14.0. The summed E-state index contributed by atoms with van der Waals surface area (Å²) in [5.41, 5.74) is 1.08. The molecule has 7 nitrogen and oxygen atoms in total. The number of ether oxygens (including phenoxy) is 1. The van der Waals surface area contributed by atoms with Gasteiger partial charge in [-0.25, -0.2) is 4.98 Å². The molecule has 1 N–H and O–H groups in total. The Balaban J connectivity index is 1.66. The normalized spacial score (nSPS) is 16.9. The summed E-state index contributed by atoms with van der Waals surface area (Å²) < 4.78 is 7.71. The number of fused-ring (bicyclic) bond motifs is 1. The summed E-state index contributed by atoms with van der Waals surface area (Å²) in [5.74, 6) is 0.597. The molecular weight excluding hydrogens is 456 g/mol. The topological polar surface area (TPSA) is 80.0 Å². The fourth-order valence-corrected chi connectivity index (χ4v) is 5.28. The molecule has 1 saturated heterocycles. The summed E-state index contributed by atoms with van der Waals surface area (Å²) in [7, 11) is 0. The number of nitrogens with zero attached hydrogens (tertiary/aromatic N) is 4. The molecule has 0 aliphatic carbocycles. The number of aryl methyl sites for hydroxylation is 1. The lowest BCUT2D eigenvalue weighted by Crippen LogP contribution is -2.39. The summed E-state index contributed by atoms with van der Waals surface area (Å²) >= 11 is 4.95. The maximum atomic E-state index is 12.1. The molecule has 1 aliphatic rings. The zero-order valence-electron chi connectivity index (χ0n) is 16.3. The van der Waals surface area contributed by atoms with Crippen LogP contribution in [0, 0.1) is 12.8 Å². The lowest BCUT2D eigenvalue weighted by atomic mass is 9.94. The maximum Gasteiger partial charge on any atom is 0.309 e. The fourth-order valence-electron chi connectivity index (χ4n) is 3.85. The number of benzene rings is 1. The van der Waals surface area contributed by atoms with E-state index in [-0.39, 0.29) is 23.8 Å². The molecule has 1 fully saturated rings. The Hall–Kier alpha value is -1.97. The van der Waals surface area contributed by atoms with E-state index in [1.54, 1.807) is 0 Å². The summed E-state index contributed by atoms with van der Waals surface area (Å²) in [4.78, 5) is 20.3. The van der Waals surface area contributed by atoms with Crippen LogP contribution < -0.4 is 0 Å². The van der Waals surface area contributed by atoms with Gasteiger partial charge in [-0.05, 0) is 57.5 Å². The summed E-state index contributed by atoms with van der Waals surface area (Å²) in [5, 5.41) is 15.2. The first-order valence-corrected chi connectivity index (χ1v) is 11.3. The Kier molecular flexibility index (Phi) is 5.89. The number of likely N-dealkylation sites (tertiary alicyclic amines) is 1. The molecule has 0 bridgehead atoms. The van der Waals surface area contributed by atoms with E-state index >= 15 is 0 Å². The number of aromatic nitrogens is 3. The number of hydrogen-bond donors (Lipinski definition) is 1. The van der Waals surface area contributed by atoms with E-state index in [0.717, 1.165) is 40.8 Å². The second-order valence-electron chi connectivity index (χ2n) is 7.16. The molecule has 2 aromatic heterocycles. The summed E-state index contributed by atoms with van der Waals surface area (Å²) in [6.07, 6.45) is 1.49. The van der Waals surface area contributed by atoms with Crippen molar-refractivity contribution in [2.24, 2.45) is 5.92 Å². The highest BCUT2D eigenvalue weighted by Gasteiger charge is 2.34. The van der Waals surface area contributed by atoms with Crippen molar-refractivity contribution < 1.29 is 14.6 Å². The molecule has 154 valence electrons. The average Bonchev–Trinajstić information content (AvgIpc) is 3.22. The van der Waals surface area contributed by atoms with Gasteiger partial charge in [0.15, 0.2) is 0 Å². The first kappa shape index (κ1) is 20.3. The van der Waals surface area contributed by atoms with Gasteiger partial charge in [-0.1, -0.05) is 39.4 Å². The minimum Gasteiger partial charge on any atom is -0.492 e. The van der Waals surface area contributed by atoms with Crippen molar-refractivity contribution in [1.29, 1.82) is 0 Å². The highest BCUT2D eigenvalue weighted by molar-refractivity contribution is 9.10. The number of carbonyl (C=O) groups is 1. The zero-order chi connectivity index (χ0) is 20.5. The molecule has 0 radical (unpaired) electrons. The van der Waals surface area contributed by atoms with E-state index in [1.807, 2.05) is 26.0 Å². The predicted octanol–water partition coefficient (Wildman–Crippen LogP) is 3.93. The van der Waals surface area contributed by atoms with Crippen LogP contribution in [0.15, 0.2) is 28.7 Å². The van der Waals surface area contributed by atoms with Gasteiger partial charge < -0.3 is 9.84 Å². The third-order valence-corrected chi connectivity index (χ3v) is 6.86. The smallest absolute Gasteiger partial charge is 0.309 e. The molecule has 9 heteroatoms. The molecule has 3 aromatic rings. The zero-order valence-corrected chi connectivity index (χ0v) is 18.7. The molecule has 4 rings (SSSR count). The Morgan fingerprint density at radius 3 is 2.66 bits per heavy atom. The van der Waals surface area contributed by atoms with Crippen molar-refractivity contribution in [3.63, 3.8) is 0 Å². The standard InChI is InChI=1S/C20H23BrN4O3S/c1-3-28-19(27)14-8-10-24(11-9-14)16(13-4-6-15(21)7-5-13)17-18(26)25-20(29-17)22-12(2)23-25/h4-7,14,16,26H,3,8-11H2,1-2H3. The van der Waals surface area contributed by atoms with Crippen molar-refractivity contribution in [3.05, 3.63) is 45.0 Å². The van der Waals surface area contributed by atoms with E-state index in [9.17, 15) is 9.90 Å². The van der Waals surface area contributed by atoms with Crippen LogP contribution in [0.4, 0.5) is 0 Å². The van der Waals surface area contributed by atoms with Gasteiger partial charge in [-0.2, -0.15) is 4.52 Å². The van der Waals surface area contributed by atoms with Crippen LogP contribution in [0.3, 0.4) is 0 Å². The number of carbonyl (C=O) groups excluding carboxylic acids is 1. The number of hydrogen-bond acceptors (Lipinski definition) is 7. The Bertz CT molecular complexity index is 1010. The summed E-state index contributed by atoms with van der Waals surface area (Å²) in [6, 6.07) is 8.01. The number of piperidine rings is 1. The highest BCUT2D eigenvalue weighted by Crippen LogP contribution is 2.41.